The van der Waals surface area contributed by atoms with E-state index in [1.165, 1.54) is 6.92 Å². The predicted octanol–water partition coefficient (Wildman–Crippen LogP) is -5.75. The Bertz CT molecular complexity index is 4030. The minimum Gasteiger partial charge on any atom is -0.479 e. The van der Waals surface area contributed by atoms with Gasteiger partial charge in [0.15, 0.2) is 49.3 Å². The summed E-state index contributed by atoms with van der Waals surface area (Å²) in [6.07, 6.45) is -48.5. The lowest BCUT2D eigenvalue weighted by Crippen LogP contribution is -2.78. The first-order valence-electron chi connectivity index (χ1n) is 34.7. The van der Waals surface area contributed by atoms with E-state index >= 15 is 0 Å². The van der Waals surface area contributed by atoms with Crippen molar-refractivity contribution in [1.29, 1.82) is 0 Å². The van der Waals surface area contributed by atoms with Gasteiger partial charge in [-0.15, -0.1) is 0 Å². The summed E-state index contributed by atoms with van der Waals surface area (Å²) in [5.41, 5.74) is -6.29. The molecule has 0 aliphatic carbocycles. The minimum atomic E-state index is -6.23. The summed E-state index contributed by atoms with van der Waals surface area (Å²) in [4.78, 5) is 66.4. The molecule has 9 aliphatic rings. The SMILES string of the molecule is CCO[C@H]1[C@H](O)[C@@H](NC(=O)CCCCCNC(=O)CCCCC2SCC3NC(=O)NC32)[C@H](O[C@H]2[C@H](OC)[C@@H](OC)[C@H](O[C@H]3[C@H](OS(=O)(=O)O)[C@@H](OS(=O)(=O)O)[C@@H](O[C@H]4[C@H](OC)[C@H]5OC[C@]4(C(=O)O)OC5O[C@H]4[C@H](OC)[C@@H](OS(=O)(=O)O)[C@@H](OC)O[C@@H]4COS(=O)(=O)O)O[C@@H]3COS(=O)(=O)O)O[C@]2(CC)C(=O)O)O[C@@H]1COS(=O)(=O)O. The first-order valence-corrected chi connectivity index (χ1v) is 43.9. The van der Waals surface area contributed by atoms with Crippen molar-refractivity contribution in [1.82, 2.24) is 21.3 Å². The van der Waals surface area contributed by atoms with Crippen molar-refractivity contribution in [3.63, 3.8) is 0 Å². The van der Waals surface area contributed by atoms with Gasteiger partial charge in [-0.1, -0.05) is 19.8 Å². The molecule has 0 aromatic heterocycles. The number of hydrogen-bond acceptors (Lipinski definition) is 41. The van der Waals surface area contributed by atoms with E-state index in [4.69, 9.17) is 88.3 Å². The molecule has 9 rings (SSSR count). The number of unbranched alkanes of at least 4 members (excludes halogenated alkanes) is 3. The molecular weight excluding hydrogens is 1720 g/mol. The third-order valence-electron chi connectivity index (χ3n) is 19.4. The molecule has 9 aliphatic heterocycles. The van der Waals surface area contributed by atoms with Gasteiger partial charge in [0.25, 0.3) is 0 Å². The molecule has 28 atom stereocenters. The zero-order valence-electron chi connectivity index (χ0n) is 61.6. The lowest BCUT2D eigenvalue weighted by molar-refractivity contribution is -0.429. The lowest BCUT2D eigenvalue weighted by Gasteiger charge is -2.57. The van der Waals surface area contributed by atoms with Gasteiger partial charge >= 0.3 is 80.4 Å². The lowest BCUT2D eigenvalue weighted by atomic mass is 9.83. The van der Waals surface area contributed by atoms with Crippen LogP contribution in [0.2, 0.25) is 0 Å². The van der Waals surface area contributed by atoms with Crippen LogP contribution < -0.4 is 21.3 Å². The Morgan fingerprint density at radius 1 is 0.522 bits per heavy atom. The monoisotopic (exact) mass is 1810 g/mol. The van der Waals surface area contributed by atoms with Gasteiger partial charge < -0.3 is 112 Å². The van der Waals surface area contributed by atoms with Crippen molar-refractivity contribution in [3.8, 4) is 0 Å². The number of ether oxygens (including phenoxy) is 16. The second kappa shape index (κ2) is 40.4. The second-order valence-electron chi connectivity index (χ2n) is 26.6. The molecule has 9 fully saturated rings. The number of carboxylic acids is 2. The number of aliphatic carboxylic acids is 2. The Labute approximate surface area is 662 Å². The number of rotatable bonds is 45. The number of aliphatic hydroxyl groups excluding tert-OH is 1. The number of methoxy groups -OCH3 is 5. The summed E-state index contributed by atoms with van der Waals surface area (Å²) in [7, 11) is -30.1. The van der Waals surface area contributed by atoms with Crippen LogP contribution in [0.1, 0.15) is 71.6 Å². The first kappa shape index (κ1) is 96.5. The van der Waals surface area contributed by atoms with Crippen LogP contribution in [0.15, 0.2) is 0 Å². The number of fused-ring (bicyclic) bond motifs is 4. The molecule has 9 saturated heterocycles. The fourth-order valence-electron chi connectivity index (χ4n) is 14.4. The maximum Gasteiger partial charge on any atom is 0.397 e. The quantitative estimate of drug-likeness (QED) is 0.0153. The zero-order valence-corrected chi connectivity index (χ0v) is 67.3. The fraction of sp³-hybridized carbons (Fsp3) is 0.911. The molecule has 0 radical (unpaired) electrons. The summed E-state index contributed by atoms with van der Waals surface area (Å²) < 4.78 is 331. The summed E-state index contributed by atoms with van der Waals surface area (Å²) in [5.74, 6) is -4.49. The smallest absolute Gasteiger partial charge is 0.397 e. The van der Waals surface area contributed by atoms with Gasteiger partial charge in [0, 0.05) is 72.5 Å². The van der Waals surface area contributed by atoms with Gasteiger partial charge in [-0.05, 0) is 39.0 Å². The zero-order chi connectivity index (χ0) is 85.3. The summed E-state index contributed by atoms with van der Waals surface area (Å²) >= 11 is 1.75. The summed E-state index contributed by atoms with van der Waals surface area (Å²) in [6.45, 7) is -2.91. The van der Waals surface area contributed by atoms with Crippen molar-refractivity contribution in [2.75, 3.05) is 80.9 Å². The van der Waals surface area contributed by atoms with Gasteiger partial charge in [-0.3, -0.25) is 36.9 Å². The third kappa shape index (κ3) is 25.1. The molecule has 13 N–H and O–H groups in total. The van der Waals surface area contributed by atoms with Crippen LogP contribution in [-0.4, -0.2) is 374 Å². The molecule has 0 aromatic carbocycles. The van der Waals surface area contributed by atoms with Crippen molar-refractivity contribution in [2.45, 2.75) is 241 Å². The maximum absolute atomic E-state index is 14.2. The Hall–Kier alpha value is -3.96. The molecule has 666 valence electrons. The molecule has 115 heavy (non-hydrogen) atoms. The van der Waals surface area contributed by atoms with E-state index in [-0.39, 0.29) is 61.7 Å². The van der Waals surface area contributed by atoms with Gasteiger partial charge in [-0.25, -0.2) is 39.5 Å². The minimum absolute atomic E-state index is 0.0170. The number of carbonyl (C=O) groups excluding carboxylic acids is 3. The van der Waals surface area contributed by atoms with E-state index < -0.39 is 266 Å². The number of carboxylic acid groups (broad SMARTS) is 2. The molecule has 4 unspecified atom stereocenters. The van der Waals surface area contributed by atoms with E-state index in [1.54, 1.807) is 11.8 Å². The highest BCUT2D eigenvalue weighted by atomic mass is 32.3. The fourth-order valence-corrected chi connectivity index (χ4v) is 18.4. The standard InChI is InChI=1S/C56H92N4O48S7/c1-8-55(52(64)65)45(102-47-32(33(63)34(92-9-2)25(97-47)19-94-110(69,70)71)59-30(62)17-11-10-14-18-57-29(61)16-13-12-15-28-31-24(22-109-28)58-54(68)60-31)39(88-4)41(90-6)50(104-55)101-36-27(21-96-112(75,76)77)99-49(44(108-115(84,85)86)38(36)106-113(78,79)80)103-46-40(89-5)42-51(105-56(46,23-93-42)53(66)67)100-35-26(20-95-111(72,73)74)98-48(91-7)43(37(35)87-3)107-114(81,82)83/h24-28,31-51,63H,8-23H2,1-7H3,(H,57,61)(H,59,62)(H,64,65)(H,66,67)(H2,58,60,68)(H,69,70,71)(H,72,73,74)(H,75,76,77)(H,78,79,80)(H,81,82,83)(H,84,85,86)/t24?,25-,26-,27-,28?,31?,32-,33-,34-,35-,36-,37+,38+,39-,40-,41-,42-,43-,44-,45+,46+,47+,48+,49-,50-,51?,55+,56+/m1/s1. The number of aliphatic hydroxyl groups is 1. The maximum atomic E-state index is 14.2. The van der Waals surface area contributed by atoms with Gasteiger partial charge in [0.2, 0.25) is 17.4 Å². The van der Waals surface area contributed by atoms with Gasteiger partial charge in [-0.2, -0.15) is 62.3 Å². The molecule has 2 bridgehead atoms. The van der Waals surface area contributed by atoms with Crippen LogP contribution in [0.3, 0.4) is 0 Å². The van der Waals surface area contributed by atoms with Crippen molar-refractivity contribution in [3.05, 3.63) is 0 Å². The Balaban J connectivity index is 1.08. The molecule has 59 heteroatoms. The Kier molecular flexibility index (Phi) is 33.9. The molecule has 0 saturated carbocycles. The van der Waals surface area contributed by atoms with E-state index in [1.807, 2.05) is 0 Å². The molecular formula is C56H92N4O48S7. The highest BCUT2D eigenvalue weighted by Crippen LogP contribution is 2.47. The second-order valence-corrected chi connectivity index (χ2v) is 34.3. The average Bonchev–Trinajstić information content (AvgIpc) is 0.875. The van der Waals surface area contributed by atoms with Gasteiger partial charge in [0.1, 0.15) is 97.6 Å². The van der Waals surface area contributed by atoms with Crippen LogP contribution in [0, 0.1) is 0 Å². The number of hydrogen-bond donors (Lipinski definition) is 13. The van der Waals surface area contributed by atoms with Crippen molar-refractivity contribution < 1.29 is 218 Å². The van der Waals surface area contributed by atoms with Crippen LogP contribution in [0.25, 0.3) is 0 Å². The van der Waals surface area contributed by atoms with Crippen LogP contribution in [0.4, 0.5) is 4.79 Å². The van der Waals surface area contributed by atoms with Crippen molar-refractivity contribution in [2.24, 2.45) is 0 Å². The number of urea groups is 1. The number of carbonyl (C=O) groups is 5. The molecule has 9 heterocycles. The number of amides is 4. The molecule has 4 amide bonds. The first-order chi connectivity index (χ1) is 53.7. The van der Waals surface area contributed by atoms with Crippen LogP contribution in [0.5, 0.6) is 0 Å². The normalized spacial score (nSPS) is 37.3. The summed E-state index contributed by atoms with van der Waals surface area (Å²) in [6, 6.07) is -2.02. The van der Waals surface area contributed by atoms with Gasteiger partial charge in [0.05, 0.1) is 38.5 Å². The Morgan fingerprint density at radius 3 is 1.57 bits per heavy atom. The highest BCUT2D eigenvalue weighted by molar-refractivity contribution is 8.00. The number of thioether (sulfide) groups is 1. The van der Waals surface area contributed by atoms with Crippen LogP contribution >= 0.6 is 11.8 Å². The van der Waals surface area contributed by atoms with E-state index in [2.05, 4.69) is 33.8 Å². The van der Waals surface area contributed by atoms with Crippen molar-refractivity contribution >= 4 is 104 Å². The number of nitrogens with one attached hydrogen (secondary N) is 4. The van der Waals surface area contributed by atoms with E-state index in [0.29, 0.717) is 19.3 Å². The third-order valence-corrected chi connectivity index (χ3v) is 23.6. The van der Waals surface area contributed by atoms with Crippen LogP contribution in [-0.2, 0) is 182 Å². The average molecular weight is 1810 g/mol. The highest BCUT2D eigenvalue weighted by Gasteiger charge is 2.70. The molecule has 52 nitrogen and oxygen atoms in total. The predicted molar refractivity (Wildman–Crippen MR) is 367 cm³/mol. The molecule has 0 spiro atoms. The van der Waals surface area contributed by atoms with E-state index in [0.717, 1.165) is 61.1 Å². The van der Waals surface area contributed by atoms with E-state index in [9.17, 15) is 117 Å². The Morgan fingerprint density at radius 2 is 1.03 bits per heavy atom. The topological polar surface area (TPSA) is 723 Å². The largest absolute Gasteiger partial charge is 0.479 e. The molecule has 0 aromatic rings. The summed E-state index contributed by atoms with van der Waals surface area (Å²) in [5, 5.41) is 46.1.